The summed E-state index contributed by atoms with van der Waals surface area (Å²) < 4.78 is 42.6. The molecule has 1 unspecified atom stereocenters. The van der Waals surface area contributed by atoms with E-state index in [-0.39, 0.29) is 17.7 Å². The van der Waals surface area contributed by atoms with Crippen molar-refractivity contribution in [2.75, 3.05) is 23.7 Å². The lowest BCUT2D eigenvalue weighted by Gasteiger charge is -2.23. The Bertz CT molecular complexity index is 1600. The molecule has 5 rings (SSSR count). The Hall–Kier alpha value is -4.32. The highest BCUT2D eigenvalue weighted by Gasteiger charge is 2.31. The first kappa shape index (κ1) is 31.1. The fourth-order valence-electron chi connectivity index (χ4n) is 4.91. The number of hydrogen-bond acceptors (Lipinski definition) is 5. The molecule has 0 saturated carbocycles. The number of benzene rings is 3. The first-order valence-electron chi connectivity index (χ1n) is 14.3. The number of carbonyl (C=O) groups is 1. The number of aliphatic imine (C=N–C) groups is 1. The Morgan fingerprint density at radius 2 is 1.77 bits per heavy atom. The van der Waals surface area contributed by atoms with Crippen LogP contribution in [-0.4, -0.2) is 51.2 Å². The van der Waals surface area contributed by atoms with E-state index < -0.39 is 6.36 Å². The molecule has 1 aromatic heterocycles. The molecule has 0 spiro atoms. The summed E-state index contributed by atoms with van der Waals surface area (Å²) in [6, 6.07) is 21.2. The van der Waals surface area contributed by atoms with E-state index in [9.17, 15) is 18.0 Å². The minimum atomic E-state index is -4.74. The van der Waals surface area contributed by atoms with E-state index in [1.54, 1.807) is 11.8 Å². The summed E-state index contributed by atoms with van der Waals surface area (Å²) in [5.41, 5.74) is 4.80. The number of nitrogens with zero attached hydrogens (tertiary/aromatic N) is 5. The number of amides is 2. The fraction of sp³-hybridized carbons (Fsp3) is 0.312. The number of ether oxygens (including phenoxy) is 1. The molecule has 8 nitrogen and oxygen atoms in total. The Morgan fingerprint density at radius 1 is 1.05 bits per heavy atom. The van der Waals surface area contributed by atoms with Crippen molar-refractivity contribution in [1.29, 1.82) is 0 Å². The van der Waals surface area contributed by atoms with Gasteiger partial charge in [0.2, 0.25) is 0 Å². The number of halogens is 3. The Kier molecular flexibility index (Phi) is 9.58. The summed E-state index contributed by atoms with van der Waals surface area (Å²) in [6.45, 7) is 7.74. The number of alkyl halides is 3. The predicted molar refractivity (Wildman–Crippen MR) is 168 cm³/mol. The highest BCUT2D eigenvalue weighted by molar-refractivity contribution is 8.14. The molecule has 44 heavy (non-hydrogen) atoms. The number of rotatable bonds is 9. The zero-order chi connectivity index (χ0) is 31.3. The largest absolute Gasteiger partial charge is 0.573 e. The van der Waals surface area contributed by atoms with Gasteiger partial charge < -0.3 is 15.0 Å². The number of urea groups is 1. The number of hydrogen-bond donors (Lipinski definition) is 1. The molecule has 1 aliphatic heterocycles. The van der Waals surface area contributed by atoms with Gasteiger partial charge in [0.15, 0.2) is 11.0 Å². The molecule has 1 atom stereocenters. The van der Waals surface area contributed by atoms with Gasteiger partial charge in [-0.1, -0.05) is 75.0 Å². The first-order chi connectivity index (χ1) is 21.1. The number of thioether (sulfide) groups is 1. The van der Waals surface area contributed by atoms with Crippen LogP contribution >= 0.6 is 11.8 Å². The molecule has 0 bridgehead atoms. The quantitative estimate of drug-likeness (QED) is 0.205. The average Bonchev–Trinajstić information content (AvgIpc) is 3.67. The van der Waals surface area contributed by atoms with Crippen molar-refractivity contribution in [3.8, 4) is 22.8 Å². The van der Waals surface area contributed by atoms with Crippen molar-refractivity contribution in [1.82, 2.24) is 20.1 Å². The maximum atomic E-state index is 12.7. The van der Waals surface area contributed by atoms with Crippen LogP contribution in [0, 0.1) is 0 Å². The van der Waals surface area contributed by atoms with Gasteiger partial charge in [0.1, 0.15) is 12.1 Å². The molecule has 1 fully saturated rings. The van der Waals surface area contributed by atoms with Crippen LogP contribution in [0.2, 0.25) is 0 Å². The number of aromatic nitrogens is 3. The second-order valence-electron chi connectivity index (χ2n) is 10.7. The third-order valence-electron chi connectivity index (χ3n) is 7.24. The number of anilines is 1. The molecule has 3 aromatic carbocycles. The molecule has 4 aromatic rings. The van der Waals surface area contributed by atoms with Gasteiger partial charge in [-0.25, -0.2) is 14.5 Å². The molecule has 0 aliphatic carbocycles. The van der Waals surface area contributed by atoms with Gasteiger partial charge in [0.05, 0.1) is 5.69 Å². The normalized spacial score (nSPS) is 15.2. The van der Waals surface area contributed by atoms with E-state index in [1.807, 2.05) is 36.4 Å². The Balaban J connectivity index is 1.14. The highest BCUT2D eigenvalue weighted by atomic mass is 32.2. The highest BCUT2D eigenvalue weighted by Crippen LogP contribution is 2.32. The summed E-state index contributed by atoms with van der Waals surface area (Å²) in [6.07, 6.45) is -2.50. The Morgan fingerprint density at radius 3 is 2.48 bits per heavy atom. The van der Waals surface area contributed by atoms with Crippen LogP contribution < -0.4 is 15.0 Å². The molecule has 12 heteroatoms. The lowest BCUT2D eigenvalue weighted by atomic mass is 9.96. The van der Waals surface area contributed by atoms with Crippen LogP contribution in [0.15, 0.2) is 84.1 Å². The van der Waals surface area contributed by atoms with E-state index in [2.05, 4.69) is 62.9 Å². The zero-order valence-corrected chi connectivity index (χ0v) is 25.4. The number of carbonyl (C=O) groups excluding carboxylic acids is 1. The van der Waals surface area contributed by atoms with Crippen molar-refractivity contribution in [2.24, 2.45) is 4.99 Å². The standard InChI is InChI=1S/C32H33F3N6O2S/c1-21(2)27-6-4-5-7-28(27)40-18-19-44-31(40)38-30(42)36-17-16-22(3)23-8-10-24(11-9-23)29-37-20-41(39-29)25-12-14-26(15-13-25)43-32(33,34)35/h4-15,20-22H,16-19H2,1-3H3,(H,36,42). The van der Waals surface area contributed by atoms with Gasteiger partial charge in [0, 0.05) is 30.1 Å². The van der Waals surface area contributed by atoms with Crippen LogP contribution in [0.3, 0.4) is 0 Å². The summed E-state index contributed by atoms with van der Waals surface area (Å²) in [4.78, 5) is 23.5. The van der Waals surface area contributed by atoms with Crippen LogP contribution in [-0.2, 0) is 0 Å². The fourth-order valence-corrected chi connectivity index (χ4v) is 5.86. The maximum Gasteiger partial charge on any atom is 0.573 e. The number of para-hydroxylation sites is 1. The van der Waals surface area contributed by atoms with Gasteiger partial charge in [-0.3, -0.25) is 0 Å². The van der Waals surface area contributed by atoms with E-state index >= 15 is 0 Å². The smallest absolute Gasteiger partial charge is 0.406 e. The van der Waals surface area contributed by atoms with E-state index in [4.69, 9.17) is 0 Å². The van der Waals surface area contributed by atoms with E-state index in [0.717, 1.165) is 40.7 Å². The first-order valence-corrected chi connectivity index (χ1v) is 15.3. The SMILES string of the molecule is CC(C)c1ccccc1N1CCSC1=NC(=O)NCCC(C)c1ccc(-c2ncn(-c3ccc(OC(F)(F)F)cc3)n2)cc1. The molecule has 1 aliphatic rings. The maximum absolute atomic E-state index is 12.7. The third kappa shape index (κ3) is 7.79. The van der Waals surface area contributed by atoms with Crippen molar-refractivity contribution < 1.29 is 22.7 Å². The predicted octanol–water partition coefficient (Wildman–Crippen LogP) is 7.77. The molecule has 230 valence electrons. The molecule has 1 saturated heterocycles. The van der Waals surface area contributed by atoms with E-state index in [1.165, 1.54) is 40.8 Å². The zero-order valence-electron chi connectivity index (χ0n) is 24.6. The van der Waals surface area contributed by atoms with E-state index in [0.29, 0.717) is 24.0 Å². The number of nitrogens with one attached hydrogen (secondary N) is 1. The second kappa shape index (κ2) is 13.5. The van der Waals surface area contributed by atoms with Gasteiger partial charge in [-0.15, -0.1) is 18.3 Å². The molecular formula is C32H33F3N6O2S. The monoisotopic (exact) mass is 622 g/mol. The van der Waals surface area contributed by atoms with Crippen LogP contribution in [0.25, 0.3) is 17.1 Å². The minimum Gasteiger partial charge on any atom is -0.406 e. The van der Waals surface area contributed by atoms with Crippen LogP contribution in [0.5, 0.6) is 5.75 Å². The molecule has 2 heterocycles. The lowest BCUT2D eigenvalue weighted by Crippen LogP contribution is -2.29. The van der Waals surface area contributed by atoms with Crippen molar-refractivity contribution in [3.63, 3.8) is 0 Å². The topological polar surface area (TPSA) is 84.6 Å². The molecular weight excluding hydrogens is 589 g/mol. The minimum absolute atomic E-state index is 0.190. The molecule has 2 amide bonds. The van der Waals surface area contributed by atoms with Crippen LogP contribution in [0.1, 0.15) is 50.2 Å². The average molecular weight is 623 g/mol. The Labute approximate surface area is 258 Å². The van der Waals surface area contributed by atoms with Gasteiger partial charge in [-0.05, 0) is 59.7 Å². The lowest BCUT2D eigenvalue weighted by molar-refractivity contribution is -0.274. The third-order valence-corrected chi connectivity index (χ3v) is 8.20. The molecule has 1 N–H and O–H groups in total. The second-order valence-corrected chi connectivity index (χ2v) is 11.8. The summed E-state index contributed by atoms with van der Waals surface area (Å²) in [5, 5.41) is 8.12. The van der Waals surface area contributed by atoms with Crippen molar-refractivity contribution in [2.45, 2.75) is 45.4 Å². The van der Waals surface area contributed by atoms with Crippen molar-refractivity contribution >= 4 is 28.6 Å². The summed E-state index contributed by atoms with van der Waals surface area (Å²) in [7, 11) is 0. The summed E-state index contributed by atoms with van der Waals surface area (Å²) in [5.74, 6) is 1.63. The van der Waals surface area contributed by atoms with Crippen molar-refractivity contribution in [3.05, 3.63) is 90.3 Å². The van der Waals surface area contributed by atoms with Crippen LogP contribution in [0.4, 0.5) is 23.7 Å². The molecule has 0 radical (unpaired) electrons. The van der Waals surface area contributed by atoms with Gasteiger partial charge >= 0.3 is 12.4 Å². The number of amidine groups is 1. The van der Waals surface area contributed by atoms with Gasteiger partial charge in [0.25, 0.3) is 0 Å². The summed E-state index contributed by atoms with van der Waals surface area (Å²) >= 11 is 1.59. The van der Waals surface area contributed by atoms with Gasteiger partial charge in [-0.2, -0.15) is 4.99 Å².